The zero-order chi connectivity index (χ0) is 22.2. The van der Waals surface area contributed by atoms with Crippen LogP contribution in [0, 0.1) is 5.92 Å². The number of pyridine rings is 1. The molecule has 0 bridgehead atoms. The highest BCUT2D eigenvalue weighted by molar-refractivity contribution is 5.82. The third kappa shape index (κ3) is 5.72. The molecule has 1 N–H and O–H groups in total. The van der Waals surface area contributed by atoms with Crippen molar-refractivity contribution in [1.82, 2.24) is 15.2 Å². The van der Waals surface area contributed by atoms with E-state index in [0.29, 0.717) is 31.8 Å². The van der Waals surface area contributed by atoms with Gasteiger partial charge in [-0.1, -0.05) is 54.6 Å². The predicted octanol–water partition coefficient (Wildman–Crippen LogP) is 3.41. The molecular weight excluding hydrogens is 402 g/mol. The van der Waals surface area contributed by atoms with Gasteiger partial charge in [0.15, 0.2) is 6.61 Å². The highest BCUT2D eigenvalue weighted by Crippen LogP contribution is 2.30. The highest BCUT2D eigenvalue weighted by atomic mass is 16.5. The van der Waals surface area contributed by atoms with Crippen LogP contribution in [0.4, 0.5) is 0 Å². The number of likely N-dealkylation sites (tertiary alicyclic amines) is 1. The van der Waals surface area contributed by atoms with Crippen molar-refractivity contribution < 1.29 is 14.3 Å². The SMILES string of the molecule is O=C(NCc1cccnc1)C1CC(c2ccccc2)CN(C(=O)COc2ccccc2)C1. The quantitative estimate of drug-likeness (QED) is 0.625. The first-order valence-corrected chi connectivity index (χ1v) is 10.9. The van der Waals surface area contributed by atoms with Gasteiger partial charge in [-0.05, 0) is 35.7 Å². The Bertz CT molecular complexity index is 949. The van der Waals surface area contributed by atoms with Crippen LogP contribution < -0.4 is 10.1 Å². The molecular formula is C26H27N3O3. The Morgan fingerprint density at radius 1 is 0.969 bits per heavy atom. The first-order chi connectivity index (χ1) is 15.7. The summed E-state index contributed by atoms with van der Waals surface area (Å²) in [6.07, 6.45) is 4.15. The summed E-state index contributed by atoms with van der Waals surface area (Å²) >= 11 is 0. The van der Waals surface area contributed by atoms with E-state index in [1.807, 2.05) is 60.7 Å². The number of ether oxygens (including phenoxy) is 1. The van der Waals surface area contributed by atoms with Gasteiger partial charge in [0.25, 0.3) is 5.91 Å². The minimum Gasteiger partial charge on any atom is -0.484 e. The van der Waals surface area contributed by atoms with Crippen molar-refractivity contribution >= 4 is 11.8 Å². The Morgan fingerprint density at radius 3 is 2.44 bits per heavy atom. The number of piperidine rings is 1. The smallest absolute Gasteiger partial charge is 0.260 e. The lowest BCUT2D eigenvalue weighted by Gasteiger charge is -2.37. The number of hydrogen-bond donors (Lipinski definition) is 1. The van der Waals surface area contributed by atoms with Gasteiger partial charge in [0.2, 0.25) is 5.91 Å². The van der Waals surface area contributed by atoms with E-state index in [9.17, 15) is 9.59 Å². The molecule has 0 spiro atoms. The molecule has 2 amide bonds. The van der Waals surface area contributed by atoms with Crippen molar-refractivity contribution in [3.63, 3.8) is 0 Å². The normalized spacial score (nSPS) is 18.1. The van der Waals surface area contributed by atoms with Crippen LogP contribution in [0.1, 0.15) is 23.5 Å². The molecule has 2 heterocycles. The van der Waals surface area contributed by atoms with Crippen LogP contribution >= 0.6 is 0 Å². The molecule has 0 aliphatic carbocycles. The lowest BCUT2D eigenvalue weighted by atomic mass is 9.84. The lowest BCUT2D eigenvalue weighted by Crippen LogP contribution is -2.49. The fourth-order valence-corrected chi connectivity index (χ4v) is 4.05. The van der Waals surface area contributed by atoms with E-state index in [4.69, 9.17) is 4.74 Å². The second-order valence-electron chi connectivity index (χ2n) is 8.02. The van der Waals surface area contributed by atoms with E-state index in [-0.39, 0.29) is 30.3 Å². The molecule has 3 aromatic rings. The number of benzene rings is 2. The van der Waals surface area contributed by atoms with E-state index >= 15 is 0 Å². The Kier molecular flexibility index (Phi) is 7.12. The Labute approximate surface area is 188 Å². The number of amides is 2. The standard InChI is InChI=1S/C26H27N3O3/c30-25(19-32-24-11-5-2-6-12-24)29-17-22(21-9-3-1-4-10-21)14-23(18-29)26(31)28-16-20-8-7-13-27-15-20/h1-13,15,22-23H,14,16-19H2,(H,28,31). The summed E-state index contributed by atoms with van der Waals surface area (Å²) in [4.78, 5) is 31.8. The summed E-state index contributed by atoms with van der Waals surface area (Å²) in [5.74, 6) is 0.310. The molecule has 32 heavy (non-hydrogen) atoms. The van der Waals surface area contributed by atoms with Crippen LogP contribution in [0.2, 0.25) is 0 Å². The summed E-state index contributed by atoms with van der Waals surface area (Å²) in [5.41, 5.74) is 2.08. The number of carbonyl (C=O) groups excluding carboxylic acids is 2. The average Bonchev–Trinajstić information content (AvgIpc) is 2.87. The molecule has 0 radical (unpaired) electrons. The van der Waals surface area contributed by atoms with Crippen LogP contribution in [-0.2, 0) is 16.1 Å². The maximum Gasteiger partial charge on any atom is 0.260 e. The van der Waals surface area contributed by atoms with Gasteiger partial charge in [-0.25, -0.2) is 0 Å². The van der Waals surface area contributed by atoms with Crippen LogP contribution in [0.3, 0.4) is 0 Å². The third-order valence-corrected chi connectivity index (χ3v) is 5.74. The Balaban J connectivity index is 1.43. The minimum absolute atomic E-state index is 0.0451. The van der Waals surface area contributed by atoms with Crippen molar-refractivity contribution in [3.8, 4) is 5.75 Å². The van der Waals surface area contributed by atoms with Gasteiger partial charge in [-0.3, -0.25) is 14.6 Å². The second-order valence-corrected chi connectivity index (χ2v) is 8.02. The fraction of sp³-hybridized carbons (Fsp3) is 0.269. The van der Waals surface area contributed by atoms with Gasteiger partial charge < -0.3 is 15.0 Å². The molecule has 164 valence electrons. The molecule has 1 aromatic heterocycles. The maximum atomic E-state index is 13.0. The first-order valence-electron chi connectivity index (χ1n) is 10.9. The zero-order valence-corrected chi connectivity index (χ0v) is 17.9. The van der Waals surface area contributed by atoms with Crippen LogP contribution in [-0.4, -0.2) is 41.4 Å². The van der Waals surface area contributed by atoms with Crippen molar-refractivity contribution in [2.45, 2.75) is 18.9 Å². The van der Waals surface area contributed by atoms with E-state index in [1.165, 1.54) is 0 Å². The van der Waals surface area contributed by atoms with E-state index in [0.717, 1.165) is 11.1 Å². The van der Waals surface area contributed by atoms with Crippen molar-refractivity contribution in [2.24, 2.45) is 5.92 Å². The zero-order valence-electron chi connectivity index (χ0n) is 17.9. The third-order valence-electron chi connectivity index (χ3n) is 5.74. The number of rotatable bonds is 7. The highest BCUT2D eigenvalue weighted by Gasteiger charge is 2.34. The van der Waals surface area contributed by atoms with E-state index < -0.39 is 0 Å². The largest absolute Gasteiger partial charge is 0.484 e. The molecule has 2 unspecified atom stereocenters. The molecule has 2 atom stereocenters. The summed E-state index contributed by atoms with van der Waals surface area (Å²) in [5, 5.41) is 3.01. The van der Waals surface area contributed by atoms with Gasteiger partial charge in [-0.15, -0.1) is 0 Å². The fourth-order valence-electron chi connectivity index (χ4n) is 4.05. The molecule has 6 heteroatoms. The van der Waals surface area contributed by atoms with Gasteiger partial charge in [-0.2, -0.15) is 0 Å². The van der Waals surface area contributed by atoms with Gasteiger partial charge in [0.05, 0.1) is 5.92 Å². The van der Waals surface area contributed by atoms with Crippen LogP contribution in [0.15, 0.2) is 85.2 Å². The number of hydrogen-bond acceptors (Lipinski definition) is 4. The van der Waals surface area contributed by atoms with Crippen molar-refractivity contribution in [1.29, 1.82) is 0 Å². The predicted molar refractivity (Wildman–Crippen MR) is 122 cm³/mol. The van der Waals surface area contributed by atoms with Crippen LogP contribution in [0.5, 0.6) is 5.75 Å². The van der Waals surface area contributed by atoms with E-state index in [1.54, 1.807) is 17.3 Å². The minimum atomic E-state index is -0.286. The van der Waals surface area contributed by atoms with Crippen molar-refractivity contribution in [3.05, 3.63) is 96.3 Å². The molecule has 0 saturated carbocycles. The van der Waals surface area contributed by atoms with E-state index in [2.05, 4.69) is 22.4 Å². The van der Waals surface area contributed by atoms with Gasteiger partial charge in [0, 0.05) is 37.9 Å². The number of aromatic nitrogens is 1. The number of nitrogens with zero attached hydrogens (tertiary/aromatic N) is 2. The first kappa shape index (κ1) is 21.6. The molecule has 6 nitrogen and oxygen atoms in total. The number of carbonyl (C=O) groups is 2. The summed E-state index contributed by atoms with van der Waals surface area (Å²) in [6.45, 7) is 1.34. The maximum absolute atomic E-state index is 13.0. The van der Waals surface area contributed by atoms with Crippen molar-refractivity contribution in [2.75, 3.05) is 19.7 Å². The lowest BCUT2D eigenvalue weighted by molar-refractivity contribution is -0.138. The Hall–Kier alpha value is -3.67. The number of nitrogens with one attached hydrogen (secondary N) is 1. The topological polar surface area (TPSA) is 71.5 Å². The molecule has 1 saturated heterocycles. The Morgan fingerprint density at radius 2 is 1.72 bits per heavy atom. The molecule has 1 fully saturated rings. The second kappa shape index (κ2) is 10.6. The van der Waals surface area contributed by atoms with Crippen LogP contribution in [0.25, 0.3) is 0 Å². The molecule has 2 aromatic carbocycles. The number of para-hydroxylation sites is 1. The summed E-state index contributed by atoms with van der Waals surface area (Å²) in [6, 6.07) is 23.1. The van der Waals surface area contributed by atoms with Gasteiger partial charge in [0.1, 0.15) is 5.75 Å². The monoisotopic (exact) mass is 429 g/mol. The summed E-state index contributed by atoms with van der Waals surface area (Å²) < 4.78 is 5.66. The summed E-state index contributed by atoms with van der Waals surface area (Å²) in [7, 11) is 0. The molecule has 1 aliphatic rings. The average molecular weight is 430 g/mol. The van der Waals surface area contributed by atoms with Gasteiger partial charge >= 0.3 is 0 Å². The molecule has 4 rings (SSSR count). The molecule has 1 aliphatic heterocycles.